The Hall–Kier alpha value is -1.91. The number of rotatable bonds is 4. The van der Waals surface area contributed by atoms with Gasteiger partial charge in [0, 0.05) is 11.6 Å². The van der Waals surface area contributed by atoms with E-state index in [1.54, 1.807) is 14.2 Å². The molecule has 0 aliphatic carbocycles. The van der Waals surface area contributed by atoms with Crippen molar-refractivity contribution in [2.24, 2.45) is 0 Å². The first-order valence-corrected chi connectivity index (χ1v) is 5.88. The van der Waals surface area contributed by atoms with Gasteiger partial charge in [0.1, 0.15) is 11.5 Å². The van der Waals surface area contributed by atoms with Crippen molar-refractivity contribution in [3.63, 3.8) is 0 Å². The van der Waals surface area contributed by atoms with E-state index in [1.165, 1.54) is 0 Å². The van der Waals surface area contributed by atoms with Gasteiger partial charge in [0.15, 0.2) is 0 Å². The molecular formula is C13H17NO4. The summed E-state index contributed by atoms with van der Waals surface area (Å²) < 4.78 is 10.6. The highest BCUT2D eigenvalue weighted by molar-refractivity contribution is 5.72. The molecule has 98 valence electrons. The van der Waals surface area contributed by atoms with Gasteiger partial charge in [-0.3, -0.25) is 4.79 Å². The highest BCUT2D eigenvalue weighted by Gasteiger charge is 2.25. The van der Waals surface area contributed by atoms with Gasteiger partial charge in [0.25, 0.3) is 0 Å². The summed E-state index contributed by atoms with van der Waals surface area (Å²) >= 11 is 0. The summed E-state index contributed by atoms with van der Waals surface area (Å²) in [5.74, 6) is 0.741. The van der Waals surface area contributed by atoms with Crippen LogP contribution in [0, 0.1) is 0 Å². The van der Waals surface area contributed by atoms with Crippen molar-refractivity contribution in [3.05, 3.63) is 17.7 Å². The highest BCUT2D eigenvalue weighted by atomic mass is 16.5. The van der Waals surface area contributed by atoms with Gasteiger partial charge in [0.2, 0.25) is 0 Å². The van der Waals surface area contributed by atoms with Crippen LogP contribution >= 0.6 is 0 Å². The molecule has 1 aromatic rings. The van der Waals surface area contributed by atoms with Crippen LogP contribution in [0.2, 0.25) is 0 Å². The van der Waals surface area contributed by atoms with Gasteiger partial charge in [0.05, 0.1) is 26.3 Å². The Kier molecular flexibility index (Phi) is 3.60. The fraction of sp³-hybridized carbons (Fsp3) is 0.462. The molecule has 0 bridgehead atoms. The number of carbonyl (C=O) groups is 1. The predicted octanol–water partition coefficient (Wildman–Crippen LogP) is 1.91. The van der Waals surface area contributed by atoms with Gasteiger partial charge in [-0.05, 0) is 25.0 Å². The second kappa shape index (κ2) is 5.16. The first-order chi connectivity index (χ1) is 8.65. The van der Waals surface area contributed by atoms with E-state index in [1.807, 2.05) is 12.1 Å². The van der Waals surface area contributed by atoms with Crippen LogP contribution in [0.25, 0.3) is 0 Å². The van der Waals surface area contributed by atoms with Gasteiger partial charge >= 0.3 is 5.97 Å². The summed E-state index contributed by atoms with van der Waals surface area (Å²) in [6, 6.07) is 3.64. The number of hydrogen-bond donors (Lipinski definition) is 2. The van der Waals surface area contributed by atoms with E-state index in [0.717, 1.165) is 35.6 Å². The molecule has 1 unspecified atom stereocenters. The second-order valence-electron chi connectivity index (χ2n) is 4.30. The van der Waals surface area contributed by atoms with Gasteiger partial charge in [-0.1, -0.05) is 0 Å². The van der Waals surface area contributed by atoms with Crippen LogP contribution in [0.1, 0.15) is 18.4 Å². The van der Waals surface area contributed by atoms with Crippen molar-refractivity contribution in [1.82, 2.24) is 0 Å². The van der Waals surface area contributed by atoms with Crippen molar-refractivity contribution in [3.8, 4) is 11.5 Å². The molecule has 1 aliphatic heterocycles. The first kappa shape index (κ1) is 12.5. The fourth-order valence-corrected chi connectivity index (χ4v) is 2.33. The maximum atomic E-state index is 10.8. The minimum Gasteiger partial charge on any atom is -0.496 e. The summed E-state index contributed by atoms with van der Waals surface area (Å²) in [5, 5.41) is 12.1. The molecule has 0 fully saturated rings. The zero-order valence-electron chi connectivity index (χ0n) is 10.5. The lowest BCUT2D eigenvalue weighted by Gasteiger charge is -2.28. The zero-order valence-corrected chi connectivity index (χ0v) is 10.5. The third-order valence-corrected chi connectivity index (χ3v) is 3.18. The summed E-state index contributed by atoms with van der Waals surface area (Å²) in [6.07, 6.45) is 1.68. The number of nitrogens with one attached hydrogen (secondary N) is 1. The Bertz CT molecular complexity index is 459. The van der Waals surface area contributed by atoms with Gasteiger partial charge in [-0.25, -0.2) is 0 Å². The number of ether oxygens (including phenoxy) is 2. The summed E-state index contributed by atoms with van der Waals surface area (Å²) in [4.78, 5) is 10.8. The normalized spacial score (nSPS) is 17.6. The number of hydrogen-bond acceptors (Lipinski definition) is 4. The molecule has 0 radical (unpaired) electrons. The molecule has 2 N–H and O–H groups in total. The van der Waals surface area contributed by atoms with E-state index in [0.29, 0.717) is 0 Å². The average Bonchev–Trinajstić information content (AvgIpc) is 2.36. The molecule has 5 heteroatoms. The average molecular weight is 251 g/mol. The molecule has 5 nitrogen and oxygen atoms in total. The Labute approximate surface area is 106 Å². The lowest BCUT2D eigenvalue weighted by atomic mass is 9.95. The first-order valence-electron chi connectivity index (χ1n) is 5.88. The van der Waals surface area contributed by atoms with Crippen molar-refractivity contribution in [2.45, 2.75) is 25.3 Å². The van der Waals surface area contributed by atoms with Crippen LogP contribution in [0.4, 0.5) is 5.69 Å². The van der Waals surface area contributed by atoms with Gasteiger partial charge < -0.3 is 19.9 Å². The Morgan fingerprint density at radius 2 is 2.06 bits per heavy atom. The minimum absolute atomic E-state index is 0.0593. The molecule has 1 heterocycles. The van der Waals surface area contributed by atoms with Crippen molar-refractivity contribution < 1.29 is 19.4 Å². The van der Waals surface area contributed by atoms with E-state index in [4.69, 9.17) is 14.6 Å². The minimum atomic E-state index is -0.794. The Morgan fingerprint density at radius 1 is 1.39 bits per heavy atom. The number of anilines is 1. The molecule has 0 amide bonds. The van der Waals surface area contributed by atoms with Crippen molar-refractivity contribution in [2.75, 3.05) is 19.5 Å². The molecule has 0 saturated carbocycles. The monoisotopic (exact) mass is 251 g/mol. The van der Waals surface area contributed by atoms with E-state index < -0.39 is 5.97 Å². The maximum Gasteiger partial charge on any atom is 0.305 e. The largest absolute Gasteiger partial charge is 0.496 e. The molecule has 1 aliphatic rings. The Balaban J connectivity index is 2.31. The molecule has 0 spiro atoms. The SMILES string of the molecule is COc1ccc(OC)c2c1CCC(CC(=O)O)N2. The standard InChI is InChI=1S/C13H17NO4/c1-17-10-5-6-11(18-2)13-9(10)4-3-8(14-13)7-12(15)16/h5-6,8,14H,3-4,7H2,1-2H3,(H,15,16). The van der Waals surface area contributed by atoms with Crippen LogP contribution in [-0.2, 0) is 11.2 Å². The zero-order chi connectivity index (χ0) is 13.1. The van der Waals surface area contributed by atoms with E-state index >= 15 is 0 Å². The highest BCUT2D eigenvalue weighted by Crippen LogP contribution is 2.39. The summed E-state index contributed by atoms with van der Waals surface area (Å²) in [5.41, 5.74) is 1.91. The number of fused-ring (bicyclic) bond motifs is 1. The topological polar surface area (TPSA) is 67.8 Å². The molecular weight excluding hydrogens is 234 g/mol. The van der Waals surface area contributed by atoms with Crippen LogP contribution in [-0.4, -0.2) is 31.3 Å². The van der Waals surface area contributed by atoms with Crippen molar-refractivity contribution >= 4 is 11.7 Å². The Morgan fingerprint density at radius 3 is 2.67 bits per heavy atom. The van der Waals surface area contributed by atoms with Crippen LogP contribution < -0.4 is 14.8 Å². The summed E-state index contributed by atoms with van der Waals surface area (Å²) in [7, 11) is 3.23. The quantitative estimate of drug-likeness (QED) is 0.855. The van der Waals surface area contributed by atoms with E-state index in [9.17, 15) is 4.79 Å². The maximum absolute atomic E-state index is 10.8. The van der Waals surface area contributed by atoms with E-state index in [2.05, 4.69) is 5.32 Å². The number of carboxylic acids is 1. The smallest absolute Gasteiger partial charge is 0.305 e. The molecule has 0 saturated heterocycles. The molecule has 1 atom stereocenters. The number of benzene rings is 1. The third kappa shape index (κ3) is 2.34. The lowest BCUT2D eigenvalue weighted by molar-refractivity contribution is -0.137. The molecule has 18 heavy (non-hydrogen) atoms. The van der Waals surface area contributed by atoms with Gasteiger partial charge in [-0.15, -0.1) is 0 Å². The third-order valence-electron chi connectivity index (χ3n) is 3.18. The van der Waals surface area contributed by atoms with Crippen LogP contribution in [0.15, 0.2) is 12.1 Å². The second-order valence-corrected chi connectivity index (χ2v) is 4.30. The fourth-order valence-electron chi connectivity index (χ4n) is 2.33. The number of carboxylic acid groups (broad SMARTS) is 1. The number of methoxy groups -OCH3 is 2. The molecule has 1 aromatic carbocycles. The number of aliphatic carboxylic acids is 1. The van der Waals surface area contributed by atoms with Crippen LogP contribution in [0.5, 0.6) is 11.5 Å². The lowest BCUT2D eigenvalue weighted by Crippen LogP contribution is -2.28. The summed E-state index contributed by atoms with van der Waals surface area (Å²) in [6.45, 7) is 0. The van der Waals surface area contributed by atoms with Crippen molar-refractivity contribution in [1.29, 1.82) is 0 Å². The van der Waals surface area contributed by atoms with E-state index in [-0.39, 0.29) is 12.5 Å². The molecule has 2 rings (SSSR count). The predicted molar refractivity (Wildman–Crippen MR) is 67.5 cm³/mol. The van der Waals surface area contributed by atoms with Crippen LogP contribution in [0.3, 0.4) is 0 Å². The molecule has 0 aromatic heterocycles. The van der Waals surface area contributed by atoms with Gasteiger partial charge in [-0.2, -0.15) is 0 Å².